The molecule has 2 N–H and O–H groups in total. The Labute approximate surface area is 124 Å². The van der Waals surface area contributed by atoms with Crippen molar-refractivity contribution in [1.82, 2.24) is 9.97 Å². The zero-order valence-corrected chi connectivity index (χ0v) is 12.8. The van der Waals surface area contributed by atoms with E-state index in [4.69, 9.17) is 0 Å². The van der Waals surface area contributed by atoms with Gasteiger partial charge in [-0.3, -0.25) is 9.71 Å². The largest absolute Gasteiger partial charge is 0.383 e. The Morgan fingerprint density at radius 2 is 2.00 bits per heavy atom. The zero-order chi connectivity index (χ0) is 15.3. The van der Waals surface area contributed by atoms with Crippen LogP contribution in [0.3, 0.4) is 0 Å². The maximum absolute atomic E-state index is 12.4. The molecule has 0 saturated carbocycles. The quantitative estimate of drug-likeness (QED) is 0.856. The molecule has 0 spiro atoms. The summed E-state index contributed by atoms with van der Waals surface area (Å²) in [4.78, 5) is 8.05. The third kappa shape index (κ3) is 3.91. The normalized spacial score (nSPS) is 11.1. The van der Waals surface area contributed by atoms with Crippen molar-refractivity contribution in [2.24, 2.45) is 0 Å². The van der Waals surface area contributed by atoms with E-state index in [2.05, 4.69) is 20.0 Å². The first kappa shape index (κ1) is 15.2. The molecule has 0 unspecified atom stereocenters. The molecule has 2 heterocycles. The van der Waals surface area contributed by atoms with Gasteiger partial charge in [0.25, 0.3) is 10.0 Å². The van der Waals surface area contributed by atoms with Crippen molar-refractivity contribution in [2.45, 2.75) is 25.3 Å². The lowest BCUT2D eigenvalue weighted by Crippen LogP contribution is -2.17. The van der Waals surface area contributed by atoms with Crippen LogP contribution in [0, 0.1) is 6.92 Å². The van der Waals surface area contributed by atoms with E-state index in [0.29, 0.717) is 17.9 Å². The lowest BCUT2D eigenvalue weighted by atomic mass is 10.4. The number of sulfonamides is 1. The molecule has 2 rings (SSSR count). The van der Waals surface area contributed by atoms with Gasteiger partial charge in [-0.2, -0.15) is 8.42 Å². The molecule has 7 heteroatoms. The smallest absolute Gasteiger partial charge is 0.281 e. The number of nitrogens with zero attached hydrogens (tertiary/aromatic N) is 2. The van der Waals surface area contributed by atoms with Crippen LogP contribution < -0.4 is 10.0 Å². The Hall–Kier alpha value is -2.15. The molecule has 0 aliphatic heterocycles. The third-order valence-corrected chi connectivity index (χ3v) is 4.09. The van der Waals surface area contributed by atoms with Crippen molar-refractivity contribution in [2.75, 3.05) is 16.6 Å². The van der Waals surface area contributed by atoms with E-state index >= 15 is 0 Å². The summed E-state index contributed by atoms with van der Waals surface area (Å²) < 4.78 is 27.3. The highest BCUT2D eigenvalue weighted by atomic mass is 32.2. The topological polar surface area (TPSA) is 84.0 Å². The number of aromatic nitrogens is 2. The van der Waals surface area contributed by atoms with Crippen molar-refractivity contribution in [3.05, 3.63) is 42.4 Å². The lowest BCUT2D eigenvalue weighted by Gasteiger charge is -2.12. The summed E-state index contributed by atoms with van der Waals surface area (Å²) in [6, 6.07) is 6.81. The van der Waals surface area contributed by atoms with E-state index in [0.717, 1.165) is 12.1 Å². The number of rotatable bonds is 6. The van der Waals surface area contributed by atoms with Crippen molar-refractivity contribution < 1.29 is 8.42 Å². The van der Waals surface area contributed by atoms with Crippen LogP contribution in [0.25, 0.3) is 0 Å². The molecule has 0 saturated heterocycles. The molecule has 112 valence electrons. The van der Waals surface area contributed by atoms with Crippen molar-refractivity contribution in [3.8, 4) is 0 Å². The van der Waals surface area contributed by atoms with E-state index in [-0.39, 0.29) is 5.03 Å². The molecule has 0 radical (unpaired) electrons. The minimum Gasteiger partial charge on any atom is -0.383 e. The van der Waals surface area contributed by atoms with Crippen LogP contribution in [-0.2, 0) is 10.0 Å². The second-order valence-electron chi connectivity index (χ2n) is 4.58. The van der Waals surface area contributed by atoms with Gasteiger partial charge in [-0.15, -0.1) is 0 Å². The summed E-state index contributed by atoms with van der Waals surface area (Å²) in [5.74, 6) is 0. The lowest BCUT2D eigenvalue weighted by molar-refractivity contribution is 0.598. The number of hydrogen-bond donors (Lipinski definition) is 2. The van der Waals surface area contributed by atoms with Gasteiger partial charge in [0.05, 0.1) is 17.6 Å². The zero-order valence-electron chi connectivity index (χ0n) is 12.0. The third-order valence-electron chi connectivity index (χ3n) is 2.75. The summed E-state index contributed by atoms with van der Waals surface area (Å²) >= 11 is 0. The van der Waals surface area contributed by atoms with Crippen LogP contribution in [0.4, 0.5) is 11.4 Å². The Kier molecular flexibility index (Phi) is 4.74. The minimum absolute atomic E-state index is 0.0148. The average molecular weight is 306 g/mol. The van der Waals surface area contributed by atoms with E-state index in [1.807, 2.05) is 13.8 Å². The second-order valence-corrected chi connectivity index (χ2v) is 6.17. The molecule has 0 bridgehead atoms. The number of anilines is 2. The summed E-state index contributed by atoms with van der Waals surface area (Å²) in [5, 5.41) is 3.05. The Balaban J connectivity index is 2.29. The van der Waals surface area contributed by atoms with Crippen LogP contribution in [-0.4, -0.2) is 24.9 Å². The highest BCUT2D eigenvalue weighted by Crippen LogP contribution is 2.21. The fraction of sp³-hybridized carbons (Fsp3) is 0.286. The van der Waals surface area contributed by atoms with Crippen molar-refractivity contribution >= 4 is 21.4 Å². The summed E-state index contributed by atoms with van der Waals surface area (Å²) in [6.07, 6.45) is 3.83. The van der Waals surface area contributed by atoms with Crippen LogP contribution in [0.1, 0.15) is 19.0 Å². The first-order valence-corrected chi connectivity index (χ1v) is 8.15. The minimum atomic E-state index is -3.75. The number of hydrogen-bond acceptors (Lipinski definition) is 5. The Morgan fingerprint density at radius 3 is 2.67 bits per heavy atom. The van der Waals surface area contributed by atoms with E-state index < -0.39 is 10.0 Å². The fourth-order valence-electron chi connectivity index (χ4n) is 1.73. The van der Waals surface area contributed by atoms with Crippen LogP contribution in [0.5, 0.6) is 0 Å². The Morgan fingerprint density at radius 1 is 1.19 bits per heavy atom. The van der Waals surface area contributed by atoms with Gasteiger partial charge in [0.2, 0.25) is 0 Å². The second kappa shape index (κ2) is 6.53. The SMILES string of the molecule is CCCNc1cccnc1S(=O)(=O)Nc1ccc(C)nc1. The van der Waals surface area contributed by atoms with Gasteiger partial charge < -0.3 is 5.32 Å². The van der Waals surface area contributed by atoms with E-state index in [9.17, 15) is 8.42 Å². The van der Waals surface area contributed by atoms with E-state index in [1.54, 1.807) is 24.3 Å². The number of nitrogens with one attached hydrogen (secondary N) is 2. The van der Waals surface area contributed by atoms with E-state index in [1.165, 1.54) is 12.4 Å². The predicted octanol–water partition coefficient (Wildman–Crippen LogP) is 2.41. The van der Waals surface area contributed by atoms with Gasteiger partial charge in [-0.05, 0) is 37.6 Å². The van der Waals surface area contributed by atoms with Crippen LogP contribution >= 0.6 is 0 Å². The molecular formula is C14H18N4O2S. The molecule has 21 heavy (non-hydrogen) atoms. The standard InChI is InChI=1S/C14H18N4O2S/c1-3-8-15-13-5-4-9-16-14(13)21(19,20)18-12-7-6-11(2)17-10-12/h4-7,9-10,15,18H,3,8H2,1-2H3. The summed E-state index contributed by atoms with van der Waals surface area (Å²) in [5.41, 5.74) is 1.72. The van der Waals surface area contributed by atoms with Crippen LogP contribution in [0.2, 0.25) is 0 Å². The van der Waals surface area contributed by atoms with Gasteiger partial charge in [-0.25, -0.2) is 4.98 Å². The average Bonchev–Trinajstić information content (AvgIpc) is 2.47. The van der Waals surface area contributed by atoms with Gasteiger partial charge in [0, 0.05) is 18.4 Å². The molecule has 0 amide bonds. The first-order chi connectivity index (χ1) is 10.0. The van der Waals surface area contributed by atoms with Gasteiger partial charge >= 0.3 is 0 Å². The molecular weight excluding hydrogens is 288 g/mol. The fourth-order valence-corrected chi connectivity index (χ4v) is 2.89. The monoisotopic (exact) mass is 306 g/mol. The summed E-state index contributed by atoms with van der Waals surface area (Å²) in [6.45, 7) is 4.53. The molecule has 0 aliphatic carbocycles. The molecule has 0 fully saturated rings. The van der Waals surface area contributed by atoms with Crippen molar-refractivity contribution in [1.29, 1.82) is 0 Å². The highest BCUT2D eigenvalue weighted by molar-refractivity contribution is 7.92. The first-order valence-electron chi connectivity index (χ1n) is 6.67. The highest BCUT2D eigenvalue weighted by Gasteiger charge is 2.20. The maximum Gasteiger partial charge on any atom is 0.281 e. The molecule has 0 atom stereocenters. The number of pyridine rings is 2. The molecule has 6 nitrogen and oxygen atoms in total. The Bertz CT molecular complexity index is 699. The maximum atomic E-state index is 12.4. The van der Waals surface area contributed by atoms with Crippen LogP contribution in [0.15, 0.2) is 41.7 Å². The van der Waals surface area contributed by atoms with Gasteiger partial charge in [-0.1, -0.05) is 6.92 Å². The molecule has 2 aromatic heterocycles. The summed E-state index contributed by atoms with van der Waals surface area (Å²) in [7, 11) is -3.75. The molecule has 0 aliphatic rings. The molecule has 2 aromatic rings. The van der Waals surface area contributed by atoms with Gasteiger partial charge in [0.15, 0.2) is 5.03 Å². The molecule has 0 aromatic carbocycles. The predicted molar refractivity (Wildman–Crippen MR) is 82.8 cm³/mol. The van der Waals surface area contributed by atoms with Crippen molar-refractivity contribution in [3.63, 3.8) is 0 Å². The number of aryl methyl sites for hydroxylation is 1. The van der Waals surface area contributed by atoms with Gasteiger partial charge in [0.1, 0.15) is 0 Å².